The SMILES string of the molecule is CCN=c1scc(-c2ccc([N+](=O)[O-])cc2)n1/N=C\c1ccc(Oc2ccccc2)cc1. The van der Waals surface area contributed by atoms with E-state index in [-0.39, 0.29) is 5.69 Å². The van der Waals surface area contributed by atoms with Gasteiger partial charge in [0.25, 0.3) is 5.69 Å². The van der Waals surface area contributed by atoms with Crippen LogP contribution in [0.2, 0.25) is 0 Å². The standard InChI is InChI=1S/C24H20N4O3S/c1-2-25-24-27(23(17-32-24)19-10-12-20(13-11-19)28(29)30)26-16-18-8-14-22(15-9-18)31-21-6-4-3-5-7-21/h3-17H,2H2,1H3/b25-24?,26-16-. The molecule has 0 radical (unpaired) electrons. The molecule has 32 heavy (non-hydrogen) atoms. The van der Waals surface area contributed by atoms with E-state index in [1.807, 2.05) is 66.9 Å². The second kappa shape index (κ2) is 9.84. The van der Waals surface area contributed by atoms with E-state index >= 15 is 0 Å². The third-order valence-electron chi connectivity index (χ3n) is 4.53. The molecule has 1 heterocycles. The zero-order valence-electron chi connectivity index (χ0n) is 17.3. The van der Waals surface area contributed by atoms with Crippen molar-refractivity contribution in [3.05, 3.63) is 105 Å². The topological polar surface area (TPSA) is 82.0 Å². The number of nitro groups is 1. The lowest BCUT2D eigenvalue weighted by molar-refractivity contribution is -0.384. The molecule has 0 saturated carbocycles. The van der Waals surface area contributed by atoms with Crippen molar-refractivity contribution in [3.63, 3.8) is 0 Å². The van der Waals surface area contributed by atoms with E-state index in [2.05, 4.69) is 10.1 Å². The highest BCUT2D eigenvalue weighted by atomic mass is 32.1. The van der Waals surface area contributed by atoms with Gasteiger partial charge in [0.15, 0.2) is 0 Å². The van der Waals surface area contributed by atoms with E-state index < -0.39 is 4.92 Å². The van der Waals surface area contributed by atoms with E-state index in [0.29, 0.717) is 6.54 Å². The summed E-state index contributed by atoms with van der Waals surface area (Å²) in [7, 11) is 0. The van der Waals surface area contributed by atoms with E-state index in [1.165, 1.54) is 23.5 Å². The molecule has 0 saturated heterocycles. The highest BCUT2D eigenvalue weighted by molar-refractivity contribution is 7.07. The second-order valence-corrected chi connectivity index (χ2v) is 7.56. The molecule has 0 fully saturated rings. The lowest BCUT2D eigenvalue weighted by Crippen LogP contribution is -2.12. The third-order valence-corrected chi connectivity index (χ3v) is 5.39. The lowest BCUT2D eigenvalue weighted by atomic mass is 10.1. The van der Waals surface area contributed by atoms with Gasteiger partial charge in [-0.1, -0.05) is 18.2 Å². The summed E-state index contributed by atoms with van der Waals surface area (Å²) < 4.78 is 7.58. The molecule has 0 aliphatic rings. The van der Waals surface area contributed by atoms with Gasteiger partial charge in [-0.05, 0) is 61.0 Å². The first-order chi connectivity index (χ1) is 15.6. The van der Waals surface area contributed by atoms with Gasteiger partial charge in [0, 0.05) is 29.6 Å². The van der Waals surface area contributed by atoms with Crippen molar-refractivity contribution >= 4 is 23.2 Å². The first-order valence-electron chi connectivity index (χ1n) is 9.97. The van der Waals surface area contributed by atoms with Crippen LogP contribution in [-0.4, -0.2) is 22.4 Å². The minimum Gasteiger partial charge on any atom is -0.457 e. The Morgan fingerprint density at radius 1 is 1.00 bits per heavy atom. The molecule has 0 spiro atoms. The molecule has 4 aromatic rings. The van der Waals surface area contributed by atoms with Crippen LogP contribution in [0.25, 0.3) is 11.3 Å². The Morgan fingerprint density at radius 3 is 2.34 bits per heavy atom. The molecule has 0 amide bonds. The summed E-state index contributed by atoms with van der Waals surface area (Å²) in [6.45, 7) is 2.59. The highest BCUT2D eigenvalue weighted by Gasteiger charge is 2.10. The number of nitrogens with zero attached hydrogens (tertiary/aromatic N) is 4. The average Bonchev–Trinajstić information content (AvgIpc) is 3.22. The Balaban J connectivity index is 1.59. The summed E-state index contributed by atoms with van der Waals surface area (Å²) in [5.41, 5.74) is 2.60. The predicted octanol–water partition coefficient (Wildman–Crippen LogP) is 5.72. The van der Waals surface area contributed by atoms with E-state index in [4.69, 9.17) is 4.74 Å². The van der Waals surface area contributed by atoms with E-state index in [1.54, 1.807) is 23.0 Å². The maximum atomic E-state index is 10.9. The van der Waals surface area contributed by atoms with Crippen molar-refractivity contribution in [1.82, 2.24) is 4.68 Å². The third kappa shape index (κ3) is 4.98. The fourth-order valence-electron chi connectivity index (χ4n) is 2.98. The summed E-state index contributed by atoms with van der Waals surface area (Å²) in [6, 6.07) is 23.7. The molecular formula is C24H20N4O3S. The molecule has 8 heteroatoms. The number of rotatable bonds is 7. The number of aromatic nitrogens is 1. The number of hydrogen-bond donors (Lipinski definition) is 0. The number of para-hydroxylation sites is 1. The fraction of sp³-hybridized carbons (Fsp3) is 0.0833. The van der Waals surface area contributed by atoms with Crippen molar-refractivity contribution in [2.75, 3.05) is 6.54 Å². The van der Waals surface area contributed by atoms with Gasteiger partial charge in [0.2, 0.25) is 4.80 Å². The number of nitro benzene ring substituents is 1. The van der Waals surface area contributed by atoms with Gasteiger partial charge < -0.3 is 4.74 Å². The molecule has 0 atom stereocenters. The quantitative estimate of drug-likeness (QED) is 0.208. The zero-order valence-corrected chi connectivity index (χ0v) is 18.1. The van der Waals surface area contributed by atoms with Crippen molar-refractivity contribution < 1.29 is 9.66 Å². The van der Waals surface area contributed by atoms with Gasteiger partial charge in [0.1, 0.15) is 11.5 Å². The van der Waals surface area contributed by atoms with Gasteiger partial charge in [-0.2, -0.15) is 5.10 Å². The van der Waals surface area contributed by atoms with Crippen LogP contribution in [0.4, 0.5) is 5.69 Å². The highest BCUT2D eigenvalue weighted by Crippen LogP contribution is 2.24. The minimum atomic E-state index is -0.410. The monoisotopic (exact) mass is 444 g/mol. The maximum Gasteiger partial charge on any atom is 0.269 e. The Kier molecular flexibility index (Phi) is 6.52. The maximum absolute atomic E-state index is 10.9. The number of hydrogen-bond acceptors (Lipinski definition) is 6. The zero-order chi connectivity index (χ0) is 22.3. The van der Waals surface area contributed by atoms with Crippen molar-refractivity contribution in [2.45, 2.75) is 6.92 Å². The van der Waals surface area contributed by atoms with Crippen LogP contribution in [-0.2, 0) is 0 Å². The molecular weight excluding hydrogens is 424 g/mol. The van der Waals surface area contributed by atoms with Gasteiger partial charge >= 0.3 is 0 Å². The van der Waals surface area contributed by atoms with Crippen LogP contribution < -0.4 is 9.54 Å². The Hall–Kier alpha value is -4.04. The van der Waals surface area contributed by atoms with Crippen LogP contribution in [0.3, 0.4) is 0 Å². The van der Waals surface area contributed by atoms with Crippen molar-refractivity contribution in [3.8, 4) is 22.8 Å². The number of non-ortho nitro benzene ring substituents is 1. The van der Waals surface area contributed by atoms with Crippen LogP contribution in [0.1, 0.15) is 12.5 Å². The minimum absolute atomic E-state index is 0.0512. The molecule has 3 aromatic carbocycles. The summed E-state index contributed by atoms with van der Waals surface area (Å²) >= 11 is 1.47. The number of benzene rings is 3. The molecule has 1 aromatic heterocycles. The lowest BCUT2D eigenvalue weighted by Gasteiger charge is -2.06. The molecule has 0 bridgehead atoms. The summed E-state index contributed by atoms with van der Waals surface area (Å²) in [4.78, 5) is 15.8. The molecule has 7 nitrogen and oxygen atoms in total. The Morgan fingerprint density at radius 2 is 1.69 bits per heavy atom. The molecule has 0 aliphatic heterocycles. The van der Waals surface area contributed by atoms with Crippen molar-refractivity contribution in [1.29, 1.82) is 0 Å². The van der Waals surface area contributed by atoms with Crippen LogP contribution >= 0.6 is 11.3 Å². The molecule has 0 N–H and O–H groups in total. The van der Waals surface area contributed by atoms with Crippen LogP contribution in [0.5, 0.6) is 11.5 Å². The molecule has 0 aliphatic carbocycles. The van der Waals surface area contributed by atoms with Gasteiger partial charge in [0.05, 0.1) is 16.8 Å². The predicted molar refractivity (Wildman–Crippen MR) is 126 cm³/mol. The normalized spacial score (nSPS) is 11.7. The van der Waals surface area contributed by atoms with Gasteiger partial charge in [-0.3, -0.25) is 15.1 Å². The van der Waals surface area contributed by atoms with E-state index in [0.717, 1.165) is 33.1 Å². The van der Waals surface area contributed by atoms with Gasteiger partial charge in [-0.15, -0.1) is 11.3 Å². The van der Waals surface area contributed by atoms with Crippen LogP contribution in [0.15, 0.2) is 94.3 Å². The van der Waals surface area contributed by atoms with E-state index in [9.17, 15) is 10.1 Å². The number of ether oxygens (including phenoxy) is 1. The van der Waals surface area contributed by atoms with Crippen LogP contribution in [0, 0.1) is 10.1 Å². The summed E-state index contributed by atoms with van der Waals surface area (Å²) in [6.07, 6.45) is 1.75. The molecule has 160 valence electrons. The second-order valence-electron chi connectivity index (χ2n) is 6.72. The Bertz CT molecular complexity index is 1290. The summed E-state index contributed by atoms with van der Waals surface area (Å²) in [5, 5.41) is 17.5. The molecule has 0 unspecified atom stereocenters. The van der Waals surface area contributed by atoms with Gasteiger partial charge in [-0.25, -0.2) is 4.68 Å². The Labute approximate surface area is 188 Å². The largest absolute Gasteiger partial charge is 0.457 e. The molecule has 4 rings (SSSR count). The first kappa shape index (κ1) is 21.2. The smallest absolute Gasteiger partial charge is 0.269 e. The summed E-state index contributed by atoms with van der Waals surface area (Å²) in [5.74, 6) is 1.52. The number of thiazole rings is 1. The average molecular weight is 445 g/mol. The fourth-order valence-corrected chi connectivity index (χ4v) is 3.88. The van der Waals surface area contributed by atoms with Crippen molar-refractivity contribution in [2.24, 2.45) is 10.1 Å². The first-order valence-corrected chi connectivity index (χ1v) is 10.8.